The zero-order chi connectivity index (χ0) is 38.3. The van der Waals surface area contributed by atoms with Gasteiger partial charge in [0.05, 0.1) is 5.30 Å². The maximum atomic E-state index is 14.0. The lowest BCUT2D eigenvalue weighted by Gasteiger charge is -2.49. The first-order valence-corrected chi connectivity index (χ1v) is 20.8. The van der Waals surface area contributed by atoms with Crippen LogP contribution in [0.25, 0.3) is 11.1 Å². The summed E-state index contributed by atoms with van der Waals surface area (Å²) in [4.78, 5) is 22.8. The molecule has 2 N–H and O–H groups in total. The molecule has 3 rings (SSSR count). The molecule has 49 heavy (non-hydrogen) atoms. The van der Waals surface area contributed by atoms with Crippen LogP contribution in [0.2, 0.25) is 0 Å². The molecular formula is C45H75O3P. The molecule has 0 amide bonds. The summed E-state index contributed by atoms with van der Waals surface area (Å²) in [5.41, 5.74) is 10.8. The monoisotopic (exact) mass is 695 g/mol. The number of hydrogen-bond acceptors (Lipinski definition) is 1. The first kappa shape index (κ1) is 42.0. The summed E-state index contributed by atoms with van der Waals surface area (Å²) in [6.07, 6.45) is 6.89. The molecule has 0 saturated heterocycles. The second-order valence-corrected chi connectivity index (χ2v) is 23.4. The van der Waals surface area contributed by atoms with E-state index in [2.05, 4.69) is 145 Å². The molecule has 1 aliphatic carbocycles. The van der Waals surface area contributed by atoms with Gasteiger partial charge in [0.2, 0.25) is 0 Å². The van der Waals surface area contributed by atoms with Crippen LogP contribution in [-0.4, -0.2) is 9.79 Å². The molecule has 0 fully saturated rings. The number of benzene rings is 2. The molecule has 2 aromatic rings. The Kier molecular flexibility index (Phi) is 11.1. The van der Waals surface area contributed by atoms with Crippen molar-refractivity contribution in [2.75, 3.05) is 0 Å². The number of unbranched alkanes of at least 4 members (excludes halogenated alkanes) is 1. The van der Waals surface area contributed by atoms with Gasteiger partial charge in [0.15, 0.2) is 0 Å². The van der Waals surface area contributed by atoms with E-state index in [1.807, 2.05) is 0 Å². The van der Waals surface area contributed by atoms with Gasteiger partial charge in [0.25, 0.3) is 0 Å². The molecule has 3 nitrogen and oxygen atoms in total. The molecular weight excluding hydrogens is 619 g/mol. The van der Waals surface area contributed by atoms with E-state index in [1.165, 1.54) is 58.2 Å². The fourth-order valence-corrected chi connectivity index (χ4v) is 10.6. The molecule has 278 valence electrons. The van der Waals surface area contributed by atoms with E-state index in [9.17, 15) is 14.4 Å². The molecule has 0 saturated carbocycles. The predicted molar refractivity (Wildman–Crippen MR) is 215 cm³/mol. The van der Waals surface area contributed by atoms with Crippen LogP contribution in [0.15, 0.2) is 6.07 Å². The van der Waals surface area contributed by atoms with Crippen molar-refractivity contribution in [3.63, 3.8) is 0 Å². The summed E-state index contributed by atoms with van der Waals surface area (Å²) < 4.78 is 14.0. The summed E-state index contributed by atoms with van der Waals surface area (Å²) in [5, 5.41) is 0.237. The van der Waals surface area contributed by atoms with Crippen molar-refractivity contribution in [2.24, 2.45) is 5.41 Å². The van der Waals surface area contributed by atoms with E-state index in [-0.39, 0.29) is 32.4 Å². The van der Waals surface area contributed by atoms with Crippen molar-refractivity contribution in [2.45, 2.75) is 209 Å². The third-order valence-corrected chi connectivity index (χ3v) is 12.1. The zero-order valence-corrected chi connectivity index (χ0v) is 36.5. The SMILES string of the molecule is CCCCC1(CC)Cc2c(C(C)(C)C)c(c(C(C)(C)C)c(-c3c(C(C)(C)C)cc(C(C)(C)C)c(P(=O)(O)O)c3C(C)(C)C)c2C(C)(C)C)C1. The van der Waals surface area contributed by atoms with E-state index in [0.29, 0.717) is 0 Å². The van der Waals surface area contributed by atoms with Crippen LogP contribution in [0.1, 0.15) is 209 Å². The van der Waals surface area contributed by atoms with Gasteiger partial charge < -0.3 is 9.79 Å². The molecule has 0 radical (unpaired) electrons. The van der Waals surface area contributed by atoms with Gasteiger partial charge >= 0.3 is 7.60 Å². The van der Waals surface area contributed by atoms with E-state index in [4.69, 9.17) is 0 Å². The zero-order valence-electron chi connectivity index (χ0n) is 35.6. The van der Waals surface area contributed by atoms with E-state index in [0.717, 1.165) is 36.0 Å². The summed E-state index contributed by atoms with van der Waals surface area (Å²) in [7, 11) is -4.71. The Labute approximate surface area is 303 Å². The normalized spacial score (nSPS) is 16.4. The quantitative estimate of drug-likeness (QED) is 0.296. The van der Waals surface area contributed by atoms with Gasteiger partial charge in [0.1, 0.15) is 0 Å². The van der Waals surface area contributed by atoms with E-state index >= 15 is 0 Å². The van der Waals surface area contributed by atoms with Gasteiger partial charge in [-0.3, -0.25) is 4.57 Å². The molecule has 0 aliphatic heterocycles. The smallest absolute Gasteiger partial charge is 0.321 e. The second kappa shape index (κ2) is 12.9. The summed E-state index contributed by atoms with van der Waals surface area (Å²) >= 11 is 0. The highest BCUT2D eigenvalue weighted by Crippen LogP contribution is 2.59. The standard InChI is InChI=1S/C45H75O3P/c1-21-23-24-45(22-2)26-28-34(41(9,10)11)29(27-45)36(43(15,16)17)33(35(28)42(12,13)14)32-30(39(3,4)5)25-31(40(6,7)8)38(49(46,47)48)37(32)44(18,19)20/h25H,21-24,26-27H2,1-20H3,(H2,46,47,48). The molecule has 2 aromatic carbocycles. The minimum absolute atomic E-state index is 0.0548. The fraction of sp³-hybridized carbons (Fsp3) is 0.733. The Balaban J connectivity index is 3.01. The van der Waals surface area contributed by atoms with Crippen molar-refractivity contribution < 1.29 is 14.4 Å². The van der Waals surface area contributed by atoms with Crippen molar-refractivity contribution in [3.8, 4) is 11.1 Å². The second-order valence-electron chi connectivity index (χ2n) is 21.9. The lowest BCUT2D eigenvalue weighted by Crippen LogP contribution is -2.40. The third-order valence-electron chi connectivity index (χ3n) is 11.1. The molecule has 4 heteroatoms. The maximum Gasteiger partial charge on any atom is 0.356 e. The van der Waals surface area contributed by atoms with Crippen LogP contribution in [0, 0.1) is 5.41 Å². The molecule has 0 aromatic heterocycles. The van der Waals surface area contributed by atoms with Gasteiger partial charge in [-0.25, -0.2) is 0 Å². The van der Waals surface area contributed by atoms with Crippen molar-refractivity contribution >= 4 is 12.9 Å². The number of hydrogen-bond donors (Lipinski definition) is 2. The van der Waals surface area contributed by atoms with Crippen LogP contribution in [0.3, 0.4) is 0 Å². The predicted octanol–water partition coefficient (Wildman–Crippen LogP) is 12.6. The van der Waals surface area contributed by atoms with Crippen LogP contribution < -0.4 is 5.30 Å². The fourth-order valence-electron chi connectivity index (χ4n) is 9.12. The van der Waals surface area contributed by atoms with Gasteiger partial charge in [-0.15, -0.1) is 0 Å². The largest absolute Gasteiger partial charge is 0.356 e. The first-order chi connectivity index (χ1) is 21.6. The Morgan fingerprint density at radius 2 is 0.959 bits per heavy atom. The van der Waals surface area contributed by atoms with Gasteiger partial charge in [-0.05, 0) is 119 Å². The average molecular weight is 695 g/mol. The van der Waals surface area contributed by atoms with Crippen LogP contribution >= 0.6 is 7.60 Å². The van der Waals surface area contributed by atoms with Gasteiger partial charge in [-0.2, -0.15) is 0 Å². The summed E-state index contributed by atoms with van der Waals surface area (Å²) in [5.74, 6) is 0. The molecule has 2 bridgehead atoms. The lowest BCUT2D eigenvalue weighted by atomic mass is 9.55. The van der Waals surface area contributed by atoms with Crippen LogP contribution in [-0.2, 0) is 49.9 Å². The molecule has 0 heterocycles. The third kappa shape index (κ3) is 8.15. The van der Waals surface area contributed by atoms with Crippen LogP contribution in [0.4, 0.5) is 0 Å². The summed E-state index contributed by atoms with van der Waals surface area (Å²) in [6.45, 7) is 45.7. The minimum atomic E-state index is -4.71. The number of fused-ring (bicyclic) bond motifs is 2. The lowest BCUT2D eigenvalue weighted by molar-refractivity contribution is 0.222. The molecule has 0 unspecified atom stereocenters. The highest BCUT2D eigenvalue weighted by molar-refractivity contribution is 7.60. The Morgan fingerprint density at radius 1 is 0.571 bits per heavy atom. The van der Waals surface area contributed by atoms with E-state index in [1.54, 1.807) is 0 Å². The van der Waals surface area contributed by atoms with Crippen LogP contribution in [0.5, 0.6) is 0 Å². The van der Waals surface area contributed by atoms with Crippen molar-refractivity contribution in [1.82, 2.24) is 0 Å². The molecule has 0 atom stereocenters. The summed E-state index contributed by atoms with van der Waals surface area (Å²) in [6, 6.07) is 2.19. The topological polar surface area (TPSA) is 57.5 Å². The Bertz CT molecular complexity index is 1560. The molecule has 1 aliphatic rings. The van der Waals surface area contributed by atoms with Gasteiger partial charge in [0, 0.05) is 0 Å². The average Bonchev–Trinajstić information content (AvgIpc) is 2.85. The minimum Gasteiger partial charge on any atom is -0.321 e. The van der Waals surface area contributed by atoms with Crippen molar-refractivity contribution in [1.29, 1.82) is 0 Å². The Hall–Kier alpha value is -1.41. The van der Waals surface area contributed by atoms with E-state index < -0.39 is 18.4 Å². The van der Waals surface area contributed by atoms with Crippen molar-refractivity contribution in [3.05, 3.63) is 50.6 Å². The highest BCUT2D eigenvalue weighted by Gasteiger charge is 2.47. The highest BCUT2D eigenvalue weighted by atomic mass is 31.2. The maximum absolute atomic E-state index is 14.0. The Morgan fingerprint density at radius 3 is 1.24 bits per heavy atom. The first-order valence-electron chi connectivity index (χ1n) is 19.2. The van der Waals surface area contributed by atoms with Gasteiger partial charge in [-0.1, -0.05) is 157 Å². The molecule has 0 spiro atoms. The number of rotatable bonds is 6.